The molecule has 0 saturated heterocycles. The Balaban J connectivity index is 1.77. The second kappa shape index (κ2) is 10.5. The summed E-state index contributed by atoms with van der Waals surface area (Å²) < 4.78 is 11.2. The Kier molecular flexibility index (Phi) is 7.37. The van der Waals surface area contributed by atoms with E-state index in [0.29, 0.717) is 27.7 Å². The molecule has 1 aliphatic rings. The molecule has 2 aromatic carbocycles. The summed E-state index contributed by atoms with van der Waals surface area (Å²) in [6, 6.07) is 15.5. The van der Waals surface area contributed by atoms with Crippen LogP contribution in [0.5, 0.6) is 0 Å². The number of benzene rings is 2. The number of methoxy groups -OCH3 is 2. The first kappa shape index (κ1) is 24.7. The number of ether oxygens (including phenoxy) is 2. The maximum Gasteiger partial charge on any atom is 0.336 e. The van der Waals surface area contributed by atoms with E-state index in [-0.39, 0.29) is 0 Å². The summed E-state index contributed by atoms with van der Waals surface area (Å²) in [4.78, 5) is 30.4. The Morgan fingerprint density at radius 3 is 2.17 bits per heavy atom. The maximum absolute atomic E-state index is 12.8. The molecule has 0 amide bonds. The molecule has 0 unspecified atom stereocenters. The maximum atomic E-state index is 12.8. The number of hydrogen-bond acceptors (Lipinski definition) is 8. The van der Waals surface area contributed by atoms with Crippen molar-refractivity contribution < 1.29 is 19.1 Å². The van der Waals surface area contributed by atoms with Crippen LogP contribution in [0.4, 0.5) is 10.8 Å². The number of carbonyl (C=O) groups is 2. The second-order valence-electron chi connectivity index (χ2n) is 7.88. The number of esters is 2. The largest absolute Gasteiger partial charge is 0.466 e. The van der Waals surface area contributed by atoms with E-state index in [2.05, 4.69) is 26.6 Å². The van der Waals surface area contributed by atoms with Crippen LogP contribution >= 0.6 is 27.3 Å². The van der Waals surface area contributed by atoms with Crippen LogP contribution in [0.3, 0.4) is 0 Å². The fourth-order valence-electron chi connectivity index (χ4n) is 4.13. The molecule has 0 aliphatic carbocycles. The predicted octanol–water partition coefficient (Wildman–Crippen LogP) is 5.90. The van der Waals surface area contributed by atoms with Gasteiger partial charge < -0.3 is 20.1 Å². The van der Waals surface area contributed by atoms with E-state index >= 15 is 0 Å². The zero-order valence-electron chi connectivity index (χ0n) is 19.6. The monoisotopic (exact) mass is 553 g/mol. The summed E-state index contributed by atoms with van der Waals surface area (Å²) in [6.07, 6.45) is 0. The Hall–Kier alpha value is -3.43. The summed E-state index contributed by atoms with van der Waals surface area (Å²) in [5, 5.41) is 9.18. The molecule has 0 bridgehead atoms. The number of nitrogens with one attached hydrogen (secondary N) is 2. The number of nitrogens with zero attached hydrogens (tertiary/aromatic N) is 1. The molecular weight excluding hydrogens is 530 g/mol. The number of dihydropyridines is 1. The lowest BCUT2D eigenvalue weighted by Crippen LogP contribution is -2.32. The van der Waals surface area contributed by atoms with E-state index in [1.165, 1.54) is 25.6 Å². The molecule has 180 valence electrons. The van der Waals surface area contributed by atoms with Gasteiger partial charge in [-0.25, -0.2) is 14.6 Å². The lowest BCUT2D eigenvalue weighted by atomic mass is 9.79. The van der Waals surface area contributed by atoms with Gasteiger partial charge in [-0.05, 0) is 37.6 Å². The average molecular weight is 554 g/mol. The number of rotatable bonds is 6. The number of aromatic nitrogens is 1. The standard InChI is InChI=1S/C26H24BrN3O4S/c1-14-21(24(31)33-3)23(22(15(2)28-14)25(32)34-4)18-7-5-6-8-19(18)29-26-30-20(13-35-26)16-9-11-17(27)12-10-16/h5-13,23,28H,1-4H3,(H,29,30). The first-order valence-corrected chi connectivity index (χ1v) is 12.4. The van der Waals surface area contributed by atoms with E-state index in [1.807, 2.05) is 53.9 Å². The summed E-state index contributed by atoms with van der Waals surface area (Å²) in [5.74, 6) is -1.73. The Morgan fingerprint density at radius 1 is 0.971 bits per heavy atom. The molecule has 35 heavy (non-hydrogen) atoms. The predicted molar refractivity (Wildman–Crippen MR) is 140 cm³/mol. The molecule has 2 heterocycles. The van der Waals surface area contributed by atoms with Gasteiger partial charge in [-0.2, -0.15) is 0 Å². The van der Waals surface area contributed by atoms with Gasteiger partial charge in [0.1, 0.15) is 0 Å². The number of anilines is 2. The number of carbonyl (C=O) groups excluding carboxylic acids is 2. The Bertz CT molecular complexity index is 1310. The highest BCUT2D eigenvalue weighted by Crippen LogP contribution is 2.42. The highest BCUT2D eigenvalue weighted by atomic mass is 79.9. The van der Waals surface area contributed by atoms with Gasteiger partial charge in [0.15, 0.2) is 5.13 Å². The zero-order chi connectivity index (χ0) is 25.1. The normalized spacial score (nSPS) is 14.0. The topological polar surface area (TPSA) is 89.5 Å². The highest BCUT2D eigenvalue weighted by Gasteiger charge is 2.38. The van der Waals surface area contributed by atoms with Crippen LogP contribution in [0.1, 0.15) is 25.3 Å². The molecule has 0 radical (unpaired) electrons. The summed E-state index contributed by atoms with van der Waals surface area (Å²) >= 11 is 4.92. The number of para-hydroxylation sites is 1. The molecule has 0 saturated carbocycles. The van der Waals surface area contributed by atoms with Crippen LogP contribution in [0, 0.1) is 0 Å². The van der Waals surface area contributed by atoms with Gasteiger partial charge in [0, 0.05) is 32.5 Å². The fourth-order valence-corrected chi connectivity index (χ4v) is 5.12. The van der Waals surface area contributed by atoms with Crippen molar-refractivity contribution >= 4 is 50.0 Å². The van der Waals surface area contributed by atoms with E-state index < -0.39 is 17.9 Å². The molecule has 1 aromatic heterocycles. The zero-order valence-corrected chi connectivity index (χ0v) is 22.0. The van der Waals surface area contributed by atoms with Crippen LogP contribution in [0.25, 0.3) is 11.3 Å². The molecule has 3 aromatic rings. The molecular formula is C26H24BrN3O4S. The summed E-state index contributed by atoms with van der Waals surface area (Å²) in [7, 11) is 2.65. The average Bonchev–Trinajstić information content (AvgIpc) is 3.32. The summed E-state index contributed by atoms with van der Waals surface area (Å²) in [6.45, 7) is 3.58. The van der Waals surface area contributed by atoms with E-state index in [1.54, 1.807) is 13.8 Å². The van der Waals surface area contributed by atoms with Gasteiger partial charge in [0.05, 0.1) is 37.0 Å². The number of allylic oxidation sites excluding steroid dienone is 2. The minimum absolute atomic E-state index is 0.349. The third-order valence-corrected chi connectivity index (χ3v) is 7.01. The lowest BCUT2D eigenvalue weighted by molar-refractivity contribution is -0.137. The number of halogens is 1. The van der Waals surface area contributed by atoms with Crippen molar-refractivity contribution in [2.24, 2.45) is 0 Å². The SMILES string of the molecule is COC(=O)C1=C(C)NC(C)=C(C(=O)OC)C1c1ccccc1Nc1nc(-c2ccc(Br)cc2)cs1. The van der Waals surface area contributed by atoms with Gasteiger partial charge in [0.2, 0.25) is 0 Å². The van der Waals surface area contributed by atoms with E-state index in [4.69, 9.17) is 14.5 Å². The van der Waals surface area contributed by atoms with Crippen LogP contribution in [-0.2, 0) is 19.1 Å². The molecule has 0 fully saturated rings. The molecule has 4 rings (SSSR count). The van der Waals surface area contributed by atoms with Crippen molar-refractivity contribution in [2.45, 2.75) is 19.8 Å². The minimum atomic E-state index is -0.689. The third kappa shape index (κ3) is 5.01. The summed E-state index contributed by atoms with van der Waals surface area (Å²) in [5.41, 5.74) is 5.24. The van der Waals surface area contributed by atoms with Crippen LogP contribution in [0.15, 0.2) is 80.9 Å². The van der Waals surface area contributed by atoms with Crippen LogP contribution < -0.4 is 10.6 Å². The van der Waals surface area contributed by atoms with E-state index in [0.717, 1.165) is 27.0 Å². The number of thiazole rings is 1. The Labute approximate surface area is 216 Å². The Morgan fingerprint density at radius 2 is 1.57 bits per heavy atom. The van der Waals surface area contributed by atoms with Crippen molar-refractivity contribution in [3.05, 3.63) is 86.5 Å². The van der Waals surface area contributed by atoms with Crippen molar-refractivity contribution in [3.63, 3.8) is 0 Å². The molecule has 7 nitrogen and oxygen atoms in total. The van der Waals surface area contributed by atoms with Gasteiger partial charge in [-0.1, -0.05) is 46.3 Å². The van der Waals surface area contributed by atoms with Crippen LogP contribution in [-0.4, -0.2) is 31.1 Å². The molecule has 0 spiro atoms. The van der Waals surface area contributed by atoms with Gasteiger partial charge >= 0.3 is 11.9 Å². The third-order valence-electron chi connectivity index (χ3n) is 5.73. The van der Waals surface area contributed by atoms with Crippen molar-refractivity contribution in [2.75, 3.05) is 19.5 Å². The number of hydrogen-bond donors (Lipinski definition) is 2. The van der Waals surface area contributed by atoms with Gasteiger partial charge in [-0.3, -0.25) is 0 Å². The first-order chi connectivity index (χ1) is 16.8. The first-order valence-electron chi connectivity index (χ1n) is 10.8. The lowest BCUT2D eigenvalue weighted by Gasteiger charge is -2.31. The quantitative estimate of drug-likeness (QED) is 0.367. The molecule has 9 heteroatoms. The van der Waals surface area contributed by atoms with Crippen molar-refractivity contribution in [1.29, 1.82) is 0 Å². The molecule has 0 atom stereocenters. The highest BCUT2D eigenvalue weighted by molar-refractivity contribution is 9.10. The van der Waals surface area contributed by atoms with Gasteiger partial charge in [0.25, 0.3) is 0 Å². The van der Waals surface area contributed by atoms with Crippen LogP contribution in [0.2, 0.25) is 0 Å². The molecule has 1 aliphatic heterocycles. The smallest absolute Gasteiger partial charge is 0.336 e. The van der Waals surface area contributed by atoms with Crippen molar-refractivity contribution in [3.8, 4) is 11.3 Å². The van der Waals surface area contributed by atoms with Crippen molar-refractivity contribution in [1.82, 2.24) is 10.3 Å². The second-order valence-corrected chi connectivity index (χ2v) is 9.65. The van der Waals surface area contributed by atoms with E-state index in [9.17, 15) is 9.59 Å². The molecule has 2 N–H and O–H groups in total. The van der Waals surface area contributed by atoms with Gasteiger partial charge in [-0.15, -0.1) is 11.3 Å². The minimum Gasteiger partial charge on any atom is -0.466 e. The fraction of sp³-hybridized carbons (Fsp3) is 0.192.